The number of nitrogens with one attached hydrogen (secondary N) is 1. The van der Waals surface area contributed by atoms with Crippen LogP contribution in [0, 0.1) is 0 Å². The summed E-state index contributed by atoms with van der Waals surface area (Å²) in [6.07, 6.45) is 0. The number of hydrogen-bond donors (Lipinski definition) is 3. The van der Waals surface area contributed by atoms with E-state index in [0.717, 1.165) is 5.56 Å². The van der Waals surface area contributed by atoms with Gasteiger partial charge in [0.25, 0.3) is 0 Å². The molecule has 0 bridgehead atoms. The number of carbonyl (C=O) groups is 1. The molecule has 1 unspecified atom stereocenters. The molecule has 5 N–H and O–H groups in total. The second kappa shape index (κ2) is 5.28. The van der Waals surface area contributed by atoms with Gasteiger partial charge >= 0.3 is 0 Å². The number of sulfonamides is 1. The Morgan fingerprint density at radius 2 is 1.74 bits per heavy atom. The van der Waals surface area contributed by atoms with Gasteiger partial charge in [0.1, 0.15) is 5.54 Å². The lowest BCUT2D eigenvalue weighted by atomic mass is 10.1. The van der Waals surface area contributed by atoms with Crippen molar-refractivity contribution in [2.75, 3.05) is 0 Å². The van der Waals surface area contributed by atoms with E-state index in [4.69, 9.17) is 11.5 Å². The number of carbonyl (C=O) groups excluding carboxylic acids is 1. The topological polar surface area (TPSA) is 115 Å². The van der Waals surface area contributed by atoms with Gasteiger partial charge in [-0.2, -0.15) is 4.72 Å². The summed E-state index contributed by atoms with van der Waals surface area (Å²) in [5.74, 6) is -0.747. The van der Waals surface area contributed by atoms with Crippen LogP contribution in [0.2, 0.25) is 0 Å². The van der Waals surface area contributed by atoms with E-state index in [1.807, 2.05) is 0 Å². The summed E-state index contributed by atoms with van der Waals surface area (Å²) in [7, 11) is -3.80. The fraction of sp³-hybridized carbons (Fsp3) is 0.417. The van der Waals surface area contributed by atoms with Crippen molar-refractivity contribution in [2.45, 2.75) is 37.2 Å². The van der Waals surface area contributed by atoms with Gasteiger partial charge in [0.05, 0.1) is 4.90 Å². The summed E-state index contributed by atoms with van der Waals surface area (Å²) >= 11 is 0. The molecule has 1 aromatic carbocycles. The van der Waals surface area contributed by atoms with Crippen molar-refractivity contribution in [3.8, 4) is 0 Å². The monoisotopic (exact) mass is 285 g/mol. The fourth-order valence-electron chi connectivity index (χ4n) is 1.40. The summed E-state index contributed by atoms with van der Waals surface area (Å²) in [6.45, 7) is 4.62. The SMILES string of the molecule is CC(N)c1ccc(S(=O)(=O)NC(C)(C)C(N)=O)cc1. The van der Waals surface area contributed by atoms with E-state index in [1.54, 1.807) is 19.1 Å². The molecular formula is C12H19N3O3S. The molecule has 0 aliphatic heterocycles. The summed E-state index contributed by atoms with van der Waals surface area (Å²) < 4.78 is 26.4. The molecule has 0 heterocycles. The van der Waals surface area contributed by atoms with Gasteiger partial charge < -0.3 is 11.5 Å². The van der Waals surface area contributed by atoms with E-state index < -0.39 is 21.5 Å². The highest BCUT2D eigenvalue weighted by Crippen LogP contribution is 2.16. The first-order valence-corrected chi connectivity index (χ1v) is 7.24. The van der Waals surface area contributed by atoms with Crippen LogP contribution in [0.25, 0.3) is 0 Å². The molecular weight excluding hydrogens is 266 g/mol. The molecule has 0 aliphatic rings. The van der Waals surface area contributed by atoms with E-state index in [-0.39, 0.29) is 10.9 Å². The molecule has 0 aromatic heterocycles. The predicted molar refractivity (Wildman–Crippen MR) is 72.6 cm³/mol. The highest BCUT2D eigenvalue weighted by atomic mass is 32.2. The molecule has 1 amide bonds. The van der Waals surface area contributed by atoms with E-state index in [0.29, 0.717) is 0 Å². The fourth-order valence-corrected chi connectivity index (χ4v) is 2.78. The standard InChI is InChI=1S/C12H19N3O3S/c1-8(13)9-4-6-10(7-5-9)19(17,18)15-12(2,3)11(14)16/h4-8,15H,13H2,1-3H3,(H2,14,16). The minimum absolute atomic E-state index is 0.0613. The van der Waals surface area contributed by atoms with E-state index in [9.17, 15) is 13.2 Å². The third kappa shape index (κ3) is 3.76. The Hall–Kier alpha value is -1.44. The first-order chi connectivity index (χ1) is 8.56. The Kier molecular flexibility index (Phi) is 4.34. The Balaban J connectivity index is 3.05. The maximum atomic E-state index is 12.1. The first kappa shape index (κ1) is 15.6. The van der Waals surface area contributed by atoms with Crippen LogP contribution in [0.3, 0.4) is 0 Å². The largest absolute Gasteiger partial charge is 0.368 e. The molecule has 0 saturated carbocycles. The zero-order valence-corrected chi connectivity index (χ0v) is 12.0. The van der Waals surface area contributed by atoms with Crippen LogP contribution in [-0.4, -0.2) is 19.9 Å². The van der Waals surface area contributed by atoms with Crippen molar-refractivity contribution < 1.29 is 13.2 Å². The Bertz CT molecular complexity index is 562. The maximum Gasteiger partial charge on any atom is 0.241 e. The van der Waals surface area contributed by atoms with Gasteiger partial charge in [0, 0.05) is 6.04 Å². The normalized spacial score (nSPS) is 14.1. The molecule has 1 rings (SSSR count). The van der Waals surface area contributed by atoms with Crippen LogP contribution in [0.5, 0.6) is 0 Å². The second-order valence-corrected chi connectivity index (χ2v) is 6.63. The van der Waals surface area contributed by atoms with Crippen molar-refractivity contribution in [3.63, 3.8) is 0 Å². The van der Waals surface area contributed by atoms with E-state index in [1.165, 1.54) is 26.0 Å². The van der Waals surface area contributed by atoms with E-state index in [2.05, 4.69) is 4.72 Å². The predicted octanol–water partition coefficient (Wildman–Crippen LogP) is 0.249. The molecule has 0 saturated heterocycles. The minimum Gasteiger partial charge on any atom is -0.368 e. The summed E-state index contributed by atoms with van der Waals surface area (Å²) in [4.78, 5) is 11.2. The lowest BCUT2D eigenvalue weighted by Crippen LogP contribution is -2.52. The third-order valence-electron chi connectivity index (χ3n) is 2.72. The number of rotatable bonds is 5. The molecule has 19 heavy (non-hydrogen) atoms. The van der Waals surface area contributed by atoms with Gasteiger partial charge in [-0.3, -0.25) is 4.79 Å². The van der Waals surface area contributed by atoms with Crippen LogP contribution in [0.1, 0.15) is 32.4 Å². The molecule has 0 spiro atoms. The van der Waals surface area contributed by atoms with Crippen molar-refractivity contribution >= 4 is 15.9 Å². The number of primary amides is 1. The minimum atomic E-state index is -3.80. The third-order valence-corrected chi connectivity index (χ3v) is 4.39. The van der Waals surface area contributed by atoms with E-state index >= 15 is 0 Å². The molecule has 106 valence electrons. The molecule has 1 atom stereocenters. The summed E-state index contributed by atoms with van der Waals surface area (Å²) in [5.41, 5.74) is 10.3. The number of amides is 1. The van der Waals surface area contributed by atoms with Crippen molar-refractivity contribution in [3.05, 3.63) is 29.8 Å². The van der Waals surface area contributed by atoms with Gasteiger partial charge in [0.2, 0.25) is 15.9 Å². The van der Waals surface area contributed by atoms with Crippen LogP contribution in [0.15, 0.2) is 29.2 Å². The Morgan fingerprint density at radius 1 is 1.26 bits per heavy atom. The highest BCUT2D eigenvalue weighted by Gasteiger charge is 2.31. The zero-order valence-electron chi connectivity index (χ0n) is 11.2. The Labute approximate surface area is 113 Å². The number of nitrogens with two attached hydrogens (primary N) is 2. The van der Waals surface area contributed by atoms with Crippen molar-refractivity contribution in [2.24, 2.45) is 11.5 Å². The molecule has 7 heteroatoms. The molecule has 0 fully saturated rings. The average molecular weight is 285 g/mol. The summed E-state index contributed by atoms with van der Waals surface area (Å²) in [5, 5.41) is 0. The highest BCUT2D eigenvalue weighted by molar-refractivity contribution is 7.89. The Morgan fingerprint density at radius 3 is 2.11 bits per heavy atom. The quantitative estimate of drug-likeness (QED) is 0.719. The lowest BCUT2D eigenvalue weighted by molar-refractivity contribution is -0.122. The smallest absolute Gasteiger partial charge is 0.241 e. The number of benzene rings is 1. The van der Waals surface area contributed by atoms with Gasteiger partial charge in [-0.1, -0.05) is 12.1 Å². The van der Waals surface area contributed by atoms with Crippen molar-refractivity contribution in [1.82, 2.24) is 4.72 Å². The van der Waals surface area contributed by atoms with Crippen molar-refractivity contribution in [1.29, 1.82) is 0 Å². The van der Waals surface area contributed by atoms with Crippen LogP contribution in [-0.2, 0) is 14.8 Å². The average Bonchev–Trinajstić information content (AvgIpc) is 2.27. The molecule has 0 radical (unpaired) electrons. The van der Waals surface area contributed by atoms with Crippen LogP contribution in [0.4, 0.5) is 0 Å². The van der Waals surface area contributed by atoms with Crippen LogP contribution >= 0.6 is 0 Å². The van der Waals surface area contributed by atoms with Gasteiger partial charge in [-0.05, 0) is 38.5 Å². The lowest BCUT2D eigenvalue weighted by Gasteiger charge is -2.22. The second-order valence-electron chi connectivity index (χ2n) is 4.95. The molecule has 0 aliphatic carbocycles. The zero-order chi connectivity index (χ0) is 14.8. The first-order valence-electron chi connectivity index (χ1n) is 5.76. The van der Waals surface area contributed by atoms with Gasteiger partial charge in [0.15, 0.2) is 0 Å². The molecule has 1 aromatic rings. The van der Waals surface area contributed by atoms with Gasteiger partial charge in [-0.25, -0.2) is 8.42 Å². The molecule has 6 nitrogen and oxygen atoms in total. The number of hydrogen-bond acceptors (Lipinski definition) is 4. The summed E-state index contributed by atoms with van der Waals surface area (Å²) in [6, 6.07) is 5.98. The van der Waals surface area contributed by atoms with Crippen LogP contribution < -0.4 is 16.2 Å². The maximum absolute atomic E-state index is 12.1. The van der Waals surface area contributed by atoms with Gasteiger partial charge in [-0.15, -0.1) is 0 Å².